The van der Waals surface area contributed by atoms with E-state index in [1.54, 1.807) is 18.2 Å². The SMILES string of the molecule is O=c1c2oc3ccccc3c2ncn1CC(O)c1ccccc1F. The van der Waals surface area contributed by atoms with Gasteiger partial charge in [-0.1, -0.05) is 30.3 Å². The lowest BCUT2D eigenvalue weighted by atomic mass is 10.1. The number of aromatic nitrogens is 2. The molecule has 0 spiro atoms. The molecule has 2 heterocycles. The van der Waals surface area contributed by atoms with Gasteiger partial charge in [-0.25, -0.2) is 9.37 Å². The maximum absolute atomic E-state index is 13.8. The lowest BCUT2D eigenvalue weighted by Gasteiger charge is -2.13. The molecule has 0 aliphatic rings. The number of aliphatic hydroxyl groups excluding tert-OH is 1. The van der Waals surface area contributed by atoms with E-state index in [1.165, 1.54) is 23.0 Å². The van der Waals surface area contributed by atoms with Gasteiger partial charge in [-0.05, 0) is 18.2 Å². The van der Waals surface area contributed by atoms with E-state index in [1.807, 2.05) is 18.2 Å². The Bertz CT molecular complexity index is 1100. The third-order valence-electron chi connectivity index (χ3n) is 3.98. The van der Waals surface area contributed by atoms with Crippen molar-refractivity contribution in [3.63, 3.8) is 0 Å². The first kappa shape index (κ1) is 14.6. The van der Waals surface area contributed by atoms with Crippen molar-refractivity contribution in [2.45, 2.75) is 12.6 Å². The zero-order valence-corrected chi connectivity index (χ0v) is 12.5. The quantitative estimate of drug-likeness (QED) is 0.629. The molecule has 2 aromatic carbocycles. The van der Waals surface area contributed by atoms with Crippen LogP contribution in [-0.4, -0.2) is 14.7 Å². The Balaban J connectivity index is 1.78. The predicted molar refractivity (Wildman–Crippen MR) is 87.1 cm³/mol. The standard InChI is InChI=1S/C18H13FN2O3/c19-13-7-3-1-5-11(13)14(22)9-21-10-20-16-12-6-2-4-8-15(12)24-17(16)18(21)23/h1-8,10,14,22H,9H2. The molecular formula is C18H13FN2O3. The number of furan rings is 1. The molecule has 6 heteroatoms. The second kappa shape index (κ2) is 5.58. The molecule has 0 aliphatic carbocycles. The van der Waals surface area contributed by atoms with Gasteiger partial charge in [0, 0.05) is 10.9 Å². The maximum Gasteiger partial charge on any atom is 0.297 e. The molecule has 2 aromatic heterocycles. The largest absolute Gasteiger partial charge is 0.448 e. The first-order valence-corrected chi connectivity index (χ1v) is 7.44. The van der Waals surface area contributed by atoms with E-state index in [2.05, 4.69) is 4.98 Å². The number of rotatable bonds is 3. The number of hydrogen-bond acceptors (Lipinski definition) is 4. The van der Waals surface area contributed by atoms with Crippen molar-refractivity contribution in [2.24, 2.45) is 0 Å². The van der Waals surface area contributed by atoms with E-state index in [0.717, 1.165) is 5.39 Å². The van der Waals surface area contributed by atoms with Gasteiger partial charge in [0.15, 0.2) is 0 Å². The average molecular weight is 324 g/mol. The highest BCUT2D eigenvalue weighted by atomic mass is 19.1. The molecule has 4 rings (SSSR count). The minimum Gasteiger partial charge on any atom is -0.448 e. The number of aliphatic hydroxyl groups is 1. The normalized spacial score (nSPS) is 12.8. The fourth-order valence-electron chi connectivity index (χ4n) is 2.78. The van der Waals surface area contributed by atoms with E-state index in [-0.39, 0.29) is 17.7 Å². The van der Waals surface area contributed by atoms with Crippen LogP contribution in [0.3, 0.4) is 0 Å². The maximum atomic E-state index is 13.8. The van der Waals surface area contributed by atoms with Crippen LogP contribution >= 0.6 is 0 Å². The van der Waals surface area contributed by atoms with E-state index >= 15 is 0 Å². The Morgan fingerprint density at radius 1 is 1.17 bits per heavy atom. The minimum absolute atomic E-state index is 0.111. The van der Waals surface area contributed by atoms with Crippen LogP contribution in [0.25, 0.3) is 22.1 Å². The van der Waals surface area contributed by atoms with Gasteiger partial charge in [-0.15, -0.1) is 0 Å². The summed E-state index contributed by atoms with van der Waals surface area (Å²) in [6, 6.07) is 13.2. The number of nitrogens with zero attached hydrogens (tertiary/aromatic N) is 2. The van der Waals surface area contributed by atoms with Crippen LogP contribution in [0.5, 0.6) is 0 Å². The molecule has 5 nitrogen and oxygen atoms in total. The topological polar surface area (TPSA) is 68.3 Å². The Morgan fingerprint density at radius 3 is 2.75 bits per heavy atom. The van der Waals surface area contributed by atoms with Crippen molar-refractivity contribution in [3.05, 3.63) is 76.6 Å². The van der Waals surface area contributed by atoms with Crippen molar-refractivity contribution in [2.75, 3.05) is 0 Å². The lowest BCUT2D eigenvalue weighted by Crippen LogP contribution is -2.23. The first-order chi connectivity index (χ1) is 11.6. The molecule has 0 saturated carbocycles. The number of para-hydroxylation sites is 1. The summed E-state index contributed by atoms with van der Waals surface area (Å²) >= 11 is 0. The highest BCUT2D eigenvalue weighted by molar-refractivity contribution is 6.01. The lowest BCUT2D eigenvalue weighted by molar-refractivity contribution is 0.150. The Morgan fingerprint density at radius 2 is 1.92 bits per heavy atom. The molecule has 1 unspecified atom stereocenters. The van der Waals surface area contributed by atoms with Crippen molar-refractivity contribution >= 4 is 22.1 Å². The van der Waals surface area contributed by atoms with Crippen LogP contribution < -0.4 is 5.56 Å². The highest BCUT2D eigenvalue weighted by Gasteiger charge is 2.17. The summed E-state index contributed by atoms with van der Waals surface area (Å²) in [6.07, 6.45) is 0.184. The van der Waals surface area contributed by atoms with Gasteiger partial charge >= 0.3 is 0 Å². The zero-order chi connectivity index (χ0) is 16.7. The van der Waals surface area contributed by atoms with Crippen LogP contribution in [0.2, 0.25) is 0 Å². The van der Waals surface area contributed by atoms with E-state index in [0.29, 0.717) is 11.1 Å². The van der Waals surface area contributed by atoms with Gasteiger partial charge in [0.25, 0.3) is 5.56 Å². The van der Waals surface area contributed by atoms with Gasteiger partial charge < -0.3 is 9.52 Å². The summed E-state index contributed by atoms with van der Waals surface area (Å²) in [4.78, 5) is 16.8. The molecular weight excluding hydrogens is 311 g/mol. The first-order valence-electron chi connectivity index (χ1n) is 7.44. The van der Waals surface area contributed by atoms with Crippen LogP contribution in [0, 0.1) is 5.82 Å². The fourth-order valence-corrected chi connectivity index (χ4v) is 2.78. The van der Waals surface area contributed by atoms with Crippen LogP contribution in [0.15, 0.2) is 64.1 Å². The number of hydrogen-bond donors (Lipinski definition) is 1. The summed E-state index contributed by atoms with van der Waals surface area (Å²) < 4.78 is 20.6. The Hall–Kier alpha value is -2.99. The molecule has 0 bridgehead atoms. The predicted octanol–water partition coefficient (Wildman–Crippen LogP) is 3.02. The average Bonchev–Trinajstić information content (AvgIpc) is 2.97. The molecule has 120 valence electrons. The molecule has 0 amide bonds. The molecule has 0 radical (unpaired) electrons. The summed E-state index contributed by atoms with van der Waals surface area (Å²) in [5.74, 6) is -0.518. The van der Waals surface area contributed by atoms with Gasteiger partial charge in [0.05, 0.1) is 19.0 Å². The van der Waals surface area contributed by atoms with Crippen LogP contribution in [0.1, 0.15) is 11.7 Å². The smallest absolute Gasteiger partial charge is 0.297 e. The van der Waals surface area contributed by atoms with E-state index in [9.17, 15) is 14.3 Å². The molecule has 24 heavy (non-hydrogen) atoms. The summed E-state index contributed by atoms with van der Waals surface area (Å²) in [5, 5.41) is 11.0. The summed E-state index contributed by atoms with van der Waals surface area (Å²) in [7, 11) is 0. The fraction of sp³-hybridized carbons (Fsp3) is 0.111. The van der Waals surface area contributed by atoms with Gasteiger partial charge in [0.1, 0.15) is 16.9 Å². The number of fused-ring (bicyclic) bond motifs is 3. The molecule has 1 atom stereocenters. The monoisotopic (exact) mass is 324 g/mol. The van der Waals surface area contributed by atoms with Gasteiger partial charge in [0.2, 0.25) is 5.58 Å². The summed E-state index contributed by atoms with van der Waals surface area (Å²) in [5.41, 5.74) is 0.900. The summed E-state index contributed by atoms with van der Waals surface area (Å²) in [6.45, 7) is -0.111. The molecule has 0 fully saturated rings. The third-order valence-corrected chi connectivity index (χ3v) is 3.98. The highest BCUT2D eigenvalue weighted by Crippen LogP contribution is 2.24. The molecule has 0 aliphatic heterocycles. The molecule has 0 saturated heterocycles. The Labute approximate surface area is 135 Å². The van der Waals surface area contributed by atoms with E-state index < -0.39 is 17.5 Å². The van der Waals surface area contributed by atoms with E-state index in [4.69, 9.17) is 4.42 Å². The van der Waals surface area contributed by atoms with Crippen molar-refractivity contribution in [1.29, 1.82) is 0 Å². The second-order valence-electron chi connectivity index (χ2n) is 5.52. The van der Waals surface area contributed by atoms with Crippen LogP contribution in [0.4, 0.5) is 4.39 Å². The van der Waals surface area contributed by atoms with Crippen LogP contribution in [-0.2, 0) is 6.54 Å². The van der Waals surface area contributed by atoms with Gasteiger partial charge in [-0.3, -0.25) is 9.36 Å². The zero-order valence-electron chi connectivity index (χ0n) is 12.5. The number of halogens is 1. The number of benzene rings is 2. The van der Waals surface area contributed by atoms with Gasteiger partial charge in [-0.2, -0.15) is 0 Å². The third kappa shape index (κ3) is 2.28. The minimum atomic E-state index is -1.16. The van der Waals surface area contributed by atoms with Crippen molar-refractivity contribution < 1.29 is 13.9 Å². The van der Waals surface area contributed by atoms with Crippen molar-refractivity contribution in [1.82, 2.24) is 9.55 Å². The molecule has 1 N–H and O–H groups in total. The Kier molecular flexibility index (Phi) is 3.39. The van der Waals surface area contributed by atoms with Crippen molar-refractivity contribution in [3.8, 4) is 0 Å². The molecule has 4 aromatic rings. The second-order valence-corrected chi connectivity index (χ2v) is 5.52.